The van der Waals surface area contributed by atoms with Crippen LogP contribution in [0.4, 0.5) is 11.8 Å². The Kier molecular flexibility index (Phi) is 3.78. The van der Waals surface area contributed by atoms with Crippen molar-refractivity contribution in [3.8, 4) is 0 Å². The van der Waals surface area contributed by atoms with Gasteiger partial charge in [-0.15, -0.1) is 5.10 Å². The van der Waals surface area contributed by atoms with Gasteiger partial charge >= 0.3 is 0 Å². The Labute approximate surface area is 135 Å². The largest absolute Gasteiger partial charge is 0.311 e. The van der Waals surface area contributed by atoms with Crippen LogP contribution in [0.1, 0.15) is 27.9 Å². The van der Waals surface area contributed by atoms with Gasteiger partial charge in [0.2, 0.25) is 10.9 Å². The number of thiazole rings is 1. The van der Waals surface area contributed by atoms with E-state index in [0.29, 0.717) is 11.4 Å². The Balaban J connectivity index is 1.81. The second kappa shape index (κ2) is 5.76. The van der Waals surface area contributed by atoms with Gasteiger partial charge in [0.15, 0.2) is 0 Å². The van der Waals surface area contributed by atoms with Gasteiger partial charge in [0.05, 0.1) is 5.69 Å². The molecule has 0 aliphatic rings. The Bertz CT molecular complexity index is 913. The molecule has 0 aliphatic heterocycles. The van der Waals surface area contributed by atoms with Crippen LogP contribution in [0.2, 0.25) is 0 Å². The maximum absolute atomic E-state index is 12.3. The fraction of sp³-hybridized carbons (Fsp3) is 0.214. The molecule has 8 nitrogen and oxygen atoms in total. The first-order valence-corrected chi connectivity index (χ1v) is 7.63. The molecule has 0 saturated carbocycles. The molecular weight excluding hydrogens is 316 g/mol. The zero-order valence-electron chi connectivity index (χ0n) is 12.7. The van der Waals surface area contributed by atoms with Crippen LogP contribution < -0.4 is 10.6 Å². The average molecular weight is 330 g/mol. The van der Waals surface area contributed by atoms with Crippen molar-refractivity contribution in [1.82, 2.24) is 19.6 Å². The molecule has 118 valence electrons. The number of rotatable bonds is 3. The number of hydrogen-bond donors (Lipinski definition) is 2. The maximum atomic E-state index is 12.3. The first-order valence-electron chi connectivity index (χ1n) is 6.82. The third-order valence-corrected chi connectivity index (χ3v) is 4.25. The maximum Gasteiger partial charge on any atom is 0.258 e. The Morgan fingerprint density at radius 3 is 2.74 bits per heavy atom. The van der Waals surface area contributed by atoms with Crippen molar-refractivity contribution in [3.63, 3.8) is 0 Å². The number of nitrogens with one attached hydrogen (secondary N) is 2. The summed E-state index contributed by atoms with van der Waals surface area (Å²) in [6.07, 6.45) is 1.45. The normalized spacial score (nSPS) is 10.7. The number of aryl methyl sites for hydroxylation is 2. The van der Waals surface area contributed by atoms with Gasteiger partial charge in [-0.05, 0) is 26.0 Å². The lowest BCUT2D eigenvalue weighted by atomic mass is 10.2. The quantitative estimate of drug-likeness (QED) is 0.765. The summed E-state index contributed by atoms with van der Waals surface area (Å²) in [5, 5.41) is 9.44. The molecule has 0 aliphatic carbocycles. The van der Waals surface area contributed by atoms with E-state index < -0.39 is 0 Å². The van der Waals surface area contributed by atoms with Crippen molar-refractivity contribution in [3.05, 3.63) is 34.5 Å². The first-order chi connectivity index (χ1) is 10.9. The summed E-state index contributed by atoms with van der Waals surface area (Å²) in [5.41, 5.74) is 1.35. The van der Waals surface area contributed by atoms with E-state index in [1.807, 2.05) is 13.8 Å². The second-order valence-electron chi connectivity index (χ2n) is 4.94. The topological polar surface area (TPSA) is 101 Å². The highest BCUT2D eigenvalue weighted by Gasteiger charge is 2.14. The molecule has 0 radical (unpaired) electrons. The van der Waals surface area contributed by atoms with Gasteiger partial charge in [-0.2, -0.15) is 4.98 Å². The third-order valence-electron chi connectivity index (χ3n) is 3.20. The molecule has 23 heavy (non-hydrogen) atoms. The lowest BCUT2D eigenvalue weighted by Gasteiger charge is -2.04. The molecule has 0 atom stereocenters. The van der Waals surface area contributed by atoms with Gasteiger partial charge in [-0.25, -0.2) is 9.50 Å². The zero-order valence-corrected chi connectivity index (χ0v) is 13.6. The van der Waals surface area contributed by atoms with Gasteiger partial charge in [-0.1, -0.05) is 11.3 Å². The van der Waals surface area contributed by atoms with Crippen molar-refractivity contribution in [2.45, 2.75) is 20.8 Å². The fourth-order valence-electron chi connectivity index (χ4n) is 1.99. The Hall–Kier alpha value is -2.81. The molecule has 0 aromatic carbocycles. The van der Waals surface area contributed by atoms with Crippen LogP contribution in [-0.4, -0.2) is 31.4 Å². The van der Waals surface area contributed by atoms with E-state index in [2.05, 4.69) is 25.7 Å². The molecule has 0 bridgehead atoms. The molecular formula is C14H14N6O2S. The van der Waals surface area contributed by atoms with Crippen molar-refractivity contribution in [1.29, 1.82) is 0 Å². The van der Waals surface area contributed by atoms with Crippen LogP contribution in [0, 0.1) is 13.8 Å². The molecule has 3 heterocycles. The number of amides is 2. The van der Waals surface area contributed by atoms with Gasteiger partial charge < -0.3 is 5.32 Å². The van der Waals surface area contributed by atoms with E-state index in [9.17, 15) is 9.59 Å². The number of nitrogens with zero attached hydrogens (tertiary/aromatic N) is 4. The first kappa shape index (κ1) is 15.1. The van der Waals surface area contributed by atoms with E-state index in [0.717, 1.165) is 15.5 Å². The summed E-state index contributed by atoms with van der Waals surface area (Å²) in [4.78, 5) is 33.4. The third kappa shape index (κ3) is 3.04. The van der Waals surface area contributed by atoms with Crippen molar-refractivity contribution < 1.29 is 9.59 Å². The van der Waals surface area contributed by atoms with Crippen LogP contribution in [-0.2, 0) is 4.79 Å². The predicted molar refractivity (Wildman–Crippen MR) is 86.8 cm³/mol. The number of hydrogen-bond acceptors (Lipinski definition) is 6. The number of carbonyl (C=O) groups is 2. The van der Waals surface area contributed by atoms with Gasteiger partial charge in [0, 0.05) is 23.6 Å². The fourth-order valence-corrected chi connectivity index (χ4v) is 2.89. The second-order valence-corrected chi connectivity index (χ2v) is 6.12. The molecule has 0 fully saturated rings. The number of carbonyl (C=O) groups excluding carboxylic acids is 2. The minimum atomic E-state index is -0.369. The van der Waals surface area contributed by atoms with Crippen LogP contribution in [0.3, 0.4) is 0 Å². The zero-order chi connectivity index (χ0) is 16.6. The van der Waals surface area contributed by atoms with Crippen LogP contribution >= 0.6 is 11.3 Å². The Morgan fingerprint density at radius 2 is 2.04 bits per heavy atom. The minimum absolute atomic E-state index is 0.238. The molecule has 2 amide bonds. The molecule has 0 saturated heterocycles. The Morgan fingerprint density at radius 1 is 1.26 bits per heavy atom. The molecule has 3 aromatic rings. The molecule has 3 aromatic heterocycles. The summed E-state index contributed by atoms with van der Waals surface area (Å²) < 4.78 is 1.70. The van der Waals surface area contributed by atoms with E-state index in [1.165, 1.54) is 30.5 Å². The minimum Gasteiger partial charge on any atom is -0.311 e. The monoisotopic (exact) mass is 330 g/mol. The van der Waals surface area contributed by atoms with Crippen LogP contribution in [0.5, 0.6) is 0 Å². The SMILES string of the molecule is CC(=O)Nc1cc(C(=O)Nc2nc3sc(C)c(C)n3n2)ccn1. The highest BCUT2D eigenvalue weighted by Crippen LogP contribution is 2.21. The predicted octanol–water partition coefficient (Wildman–Crippen LogP) is 2.01. The lowest BCUT2D eigenvalue weighted by Crippen LogP contribution is -2.14. The van der Waals surface area contributed by atoms with Gasteiger partial charge in [0.1, 0.15) is 5.82 Å². The number of pyridine rings is 1. The van der Waals surface area contributed by atoms with E-state index in [1.54, 1.807) is 10.6 Å². The summed E-state index contributed by atoms with van der Waals surface area (Å²) in [6.45, 7) is 5.32. The number of anilines is 2. The number of aromatic nitrogens is 4. The summed E-state index contributed by atoms with van der Waals surface area (Å²) in [5.74, 6) is -0.0684. The molecule has 2 N–H and O–H groups in total. The van der Waals surface area contributed by atoms with Crippen molar-refractivity contribution in [2.24, 2.45) is 0 Å². The summed E-state index contributed by atoms with van der Waals surface area (Å²) >= 11 is 1.51. The van der Waals surface area contributed by atoms with Crippen molar-refractivity contribution >= 4 is 39.9 Å². The van der Waals surface area contributed by atoms with Crippen LogP contribution in [0.25, 0.3) is 4.96 Å². The lowest BCUT2D eigenvalue weighted by molar-refractivity contribution is -0.114. The van der Waals surface area contributed by atoms with Crippen molar-refractivity contribution in [2.75, 3.05) is 10.6 Å². The van der Waals surface area contributed by atoms with E-state index in [-0.39, 0.29) is 17.8 Å². The molecule has 9 heteroatoms. The molecule has 3 rings (SSSR count). The highest BCUT2D eigenvalue weighted by atomic mass is 32.1. The smallest absolute Gasteiger partial charge is 0.258 e. The number of fused-ring (bicyclic) bond motifs is 1. The molecule has 0 unspecified atom stereocenters. The average Bonchev–Trinajstić information content (AvgIpc) is 2.98. The van der Waals surface area contributed by atoms with Gasteiger partial charge in [0.25, 0.3) is 11.9 Å². The van der Waals surface area contributed by atoms with E-state index in [4.69, 9.17) is 0 Å². The standard InChI is InChI=1S/C14H14N6O2S/c1-7-8(2)23-14-18-13(19-20(7)14)17-12(22)10-4-5-15-11(6-10)16-9(3)21/h4-6H,1-3H3,(H,15,16,21)(H,17,19,22). The van der Waals surface area contributed by atoms with E-state index >= 15 is 0 Å². The van der Waals surface area contributed by atoms with Crippen LogP contribution in [0.15, 0.2) is 18.3 Å². The highest BCUT2D eigenvalue weighted by molar-refractivity contribution is 7.17. The van der Waals surface area contributed by atoms with Gasteiger partial charge in [-0.3, -0.25) is 14.9 Å². The summed E-state index contributed by atoms with van der Waals surface area (Å²) in [6, 6.07) is 3.04. The molecule has 0 spiro atoms. The summed E-state index contributed by atoms with van der Waals surface area (Å²) in [7, 11) is 0.